The molecule has 1 unspecified atom stereocenters. The highest BCUT2D eigenvalue weighted by molar-refractivity contribution is 5.71. The van der Waals surface area contributed by atoms with Gasteiger partial charge in [0.15, 0.2) is 6.10 Å². The van der Waals surface area contributed by atoms with Crippen molar-refractivity contribution in [3.05, 3.63) is 85.1 Å². The lowest BCUT2D eigenvalue weighted by molar-refractivity contribution is -0.167. The molecule has 0 amide bonds. The van der Waals surface area contributed by atoms with Gasteiger partial charge in [0.2, 0.25) is 0 Å². The van der Waals surface area contributed by atoms with Crippen molar-refractivity contribution >= 4 is 17.9 Å². The van der Waals surface area contributed by atoms with Gasteiger partial charge in [-0.3, -0.25) is 14.4 Å². The third-order valence-corrected chi connectivity index (χ3v) is 14.6. The molecule has 1 atom stereocenters. The van der Waals surface area contributed by atoms with Crippen molar-refractivity contribution in [2.24, 2.45) is 0 Å². The molecule has 78 heavy (non-hydrogen) atoms. The molecule has 0 aromatic heterocycles. The van der Waals surface area contributed by atoms with Crippen molar-refractivity contribution in [2.75, 3.05) is 13.2 Å². The predicted molar refractivity (Wildman–Crippen MR) is 339 cm³/mol. The van der Waals surface area contributed by atoms with Crippen molar-refractivity contribution < 1.29 is 28.6 Å². The first kappa shape index (κ1) is 74.6. The summed E-state index contributed by atoms with van der Waals surface area (Å²) in [5, 5.41) is 0. The Hall–Kier alpha value is -3.41. The van der Waals surface area contributed by atoms with Gasteiger partial charge in [-0.1, -0.05) is 305 Å². The number of allylic oxidation sites excluding steroid dienone is 14. The highest BCUT2D eigenvalue weighted by atomic mass is 16.6. The molecule has 0 N–H and O–H groups in total. The van der Waals surface area contributed by atoms with Crippen LogP contribution in [-0.4, -0.2) is 37.2 Å². The Morgan fingerprint density at radius 1 is 0.269 bits per heavy atom. The summed E-state index contributed by atoms with van der Waals surface area (Å²) in [6, 6.07) is 0. The maximum absolute atomic E-state index is 12.9. The molecule has 450 valence electrons. The van der Waals surface area contributed by atoms with Crippen LogP contribution in [0.4, 0.5) is 0 Å². The average Bonchev–Trinajstić information content (AvgIpc) is 3.44. The van der Waals surface area contributed by atoms with E-state index in [-0.39, 0.29) is 37.5 Å². The van der Waals surface area contributed by atoms with E-state index in [0.29, 0.717) is 19.3 Å². The topological polar surface area (TPSA) is 78.9 Å². The van der Waals surface area contributed by atoms with Crippen LogP contribution in [0.3, 0.4) is 0 Å². The van der Waals surface area contributed by atoms with Crippen LogP contribution in [-0.2, 0) is 28.6 Å². The summed E-state index contributed by atoms with van der Waals surface area (Å²) in [4.78, 5) is 38.3. The molecular formula is C72H126O6. The number of hydrogen-bond acceptors (Lipinski definition) is 6. The van der Waals surface area contributed by atoms with Gasteiger partial charge in [-0.05, 0) is 96.3 Å². The fourth-order valence-electron chi connectivity index (χ4n) is 9.62. The van der Waals surface area contributed by atoms with Gasteiger partial charge in [0, 0.05) is 19.3 Å². The summed E-state index contributed by atoms with van der Waals surface area (Å²) >= 11 is 0. The number of ether oxygens (including phenoxy) is 3. The normalized spacial score (nSPS) is 12.6. The number of esters is 3. The molecule has 0 aliphatic rings. The van der Waals surface area contributed by atoms with E-state index in [0.717, 1.165) is 89.9 Å². The lowest BCUT2D eigenvalue weighted by Gasteiger charge is -2.18. The molecule has 0 saturated carbocycles. The summed E-state index contributed by atoms with van der Waals surface area (Å²) in [5.41, 5.74) is 0. The van der Waals surface area contributed by atoms with Gasteiger partial charge in [0.1, 0.15) is 13.2 Å². The molecule has 0 aliphatic carbocycles. The number of hydrogen-bond donors (Lipinski definition) is 0. The van der Waals surface area contributed by atoms with E-state index in [2.05, 4.69) is 106 Å². The zero-order valence-electron chi connectivity index (χ0n) is 51.7. The third kappa shape index (κ3) is 63.4. The SMILES string of the molecule is CC/C=C\C/C=C\C/C=C\C/C=C\CCCCC(=O)OC(COC(=O)CCCCCCCCCCCCCCCC)COC(=O)CCCCCCCCCCCCCCCCCC/C=C\C/C=C\C/C=C\CCCCCCC. The minimum absolute atomic E-state index is 0.0893. The Morgan fingerprint density at radius 3 is 0.808 bits per heavy atom. The summed E-state index contributed by atoms with van der Waals surface area (Å²) in [5.74, 6) is -0.917. The summed E-state index contributed by atoms with van der Waals surface area (Å²) in [6.07, 6.45) is 87.6. The molecule has 0 radical (unpaired) electrons. The Kier molecular flexibility index (Phi) is 63.2. The van der Waals surface area contributed by atoms with E-state index >= 15 is 0 Å². The number of rotatable bonds is 61. The van der Waals surface area contributed by atoms with Gasteiger partial charge in [-0.25, -0.2) is 0 Å². The minimum Gasteiger partial charge on any atom is -0.462 e. The second-order valence-electron chi connectivity index (χ2n) is 22.4. The van der Waals surface area contributed by atoms with Crippen molar-refractivity contribution in [3.8, 4) is 0 Å². The standard InChI is InChI=1S/C72H126O6/c1-4-7-10-13-16-19-22-25-28-29-30-31-32-33-34-35-36-37-38-39-40-41-42-43-45-47-50-53-56-59-62-65-71(74)77-68-69(67-76-70(73)64-61-58-55-52-49-46-27-24-21-18-15-12-9-6-3)78-72(75)66-63-60-57-54-51-48-44-26-23-20-17-14-11-8-5-2/h8,11,17,20,22,25-26,29-30,32-33,44,51,54,69H,4-7,9-10,12-16,18-19,21,23-24,27-28,31,34-43,45-50,52-53,55-68H2,1-3H3/b11-8-,20-17-,25-22-,30-29-,33-32-,44-26-,54-51-. The van der Waals surface area contributed by atoms with Crippen LogP contribution in [0.5, 0.6) is 0 Å². The third-order valence-electron chi connectivity index (χ3n) is 14.6. The predicted octanol–water partition coefficient (Wildman–Crippen LogP) is 23.1. The average molecular weight is 1090 g/mol. The molecule has 0 aliphatic heterocycles. The van der Waals surface area contributed by atoms with Crippen LogP contribution in [0, 0.1) is 0 Å². The Morgan fingerprint density at radius 2 is 0.500 bits per heavy atom. The van der Waals surface area contributed by atoms with E-state index in [4.69, 9.17) is 14.2 Å². The minimum atomic E-state index is -0.797. The molecule has 6 nitrogen and oxygen atoms in total. The van der Waals surface area contributed by atoms with E-state index in [1.54, 1.807) is 0 Å². The largest absolute Gasteiger partial charge is 0.462 e. The van der Waals surface area contributed by atoms with Gasteiger partial charge in [0.25, 0.3) is 0 Å². The highest BCUT2D eigenvalue weighted by Gasteiger charge is 2.19. The van der Waals surface area contributed by atoms with Crippen molar-refractivity contribution in [2.45, 2.75) is 341 Å². The number of carbonyl (C=O) groups is 3. The van der Waals surface area contributed by atoms with E-state index in [9.17, 15) is 14.4 Å². The summed E-state index contributed by atoms with van der Waals surface area (Å²) in [7, 11) is 0. The molecule has 0 aromatic rings. The summed E-state index contributed by atoms with van der Waals surface area (Å²) < 4.78 is 16.9. The zero-order chi connectivity index (χ0) is 56.4. The Balaban J connectivity index is 4.21. The number of carbonyl (C=O) groups excluding carboxylic acids is 3. The molecule has 0 spiro atoms. The van der Waals surface area contributed by atoms with E-state index in [1.165, 1.54) is 199 Å². The molecule has 0 saturated heterocycles. The molecule has 6 heteroatoms. The molecule has 0 heterocycles. The van der Waals surface area contributed by atoms with Gasteiger partial charge in [-0.15, -0.1) is 0 Å². The molecule has 0 rings (SSSR count). The molecular weight excluding hydrogens is 961 g/mol. The Bertz CT molecular complexity index is 1480. The van der Waals surface area contributed by atoms with Gasteiger partial charge in [0.05, 0.1) is 0 Å². The van der Waals surface area contributed by atoms with Crippen LogP contribution in [0.15, 0.2) is 85.1 Å². The highest BCUT2D eigenvalue weighted by Crippen LogP contribution is 2.17. The first-order valence-corrected chi connectivity index (χ1v) is 33.6. The molecule has 0 bridgehead atoms. The van der Waals surface area contributed by atoms with Crippen LogP contribution < -0.4 is 0 Å². The summed E-state index contributed by atoms with van der Waals surface area (Å²) in [6.45, 7) is 6.52. The Labute approximate surface area is 484 Å². The molecule has 0 fully saturated rings. The zero-order valence-corrected chi connectivity index (χ0v) is 51.7. The maximum atomic E-state index is 12.9. The fraction of sp³-hybridized carbons (Fsp3) is 0.764. The van der Waals surface area contributed by atoms with Crippen LogP contribution in [0.25, 0.3) is 0 Å². The second kappa shape index (κ2) is 66.1. The van der Waals surface area contributed by atoms with Gasteiger partial charge in [-0.2, -0.15) is 0 Å². The van der Waals surface area contributed by atoms with E-state index < -0.39 is 6.10 Å². The van der Waals surface area contributed by atoms with Gasteiger partial charge >= 0.3 is 17.9 Å². The lowest BCUT2D eigenvalue weighted by atomic mass is 10.0. The fourth-order valence-corrected chi connectivity index (χ4v) is 9.62. The first-order chi connectivity index (χ1) is 38.5. The van der Waals surface area contributed by atoms with Crippen LogP contribution in [0.1, 0.15) is 335 Å². The van der Waals surface area contributed by atoms with Crippen LogP contribution in [0.2, 0.25) is 0 Å². The van der Waals surface area contributed by atoms with Crippen molar-refractivity contribution in [3.63, 3.8) is 0 Å². The first-order valence-electron chi connectivity index (χ1n) is 33.6. The van der Waals surface area contributed by atoms with Crippen molar-refractivity contribution in [1.29, 1.82) is 0 Å². The quantitative estimate of drug-likeness (QED) is 0.0261. The smallest absolute Gasteiger partial charge is 0.306 e. The second-order valence-corrected chi connectivity index (χ2v) is 22.4. The molecule has 0 aromatic carbocycles. The maximum Gasteiger partial charge on any atom is 0.306 e. The number of unbranched alkanes of at least 4 members (excludes halogenated alkanes) is 36. The van der Waals surface area contributed by atoms with Gasteiger partial charge < -0.3 is 14.2 Å². The lowest BCUT2D eigenvalue weighted by Crippen LogP contribution is -2.30. The van der Waals surface area contributed by atoms with Crippen molar-refractivity contribution in [1.82, 2.24) is 0 Å². The monoisotopic (exact) mass is 1090 g/mol. The van der Waals surface area contributed by atoms with Crippen LogP contribution >= 0.6 is 0 Å². The van der Waals surface area contributed by atoms with E-state index in [1.807, 2.05) is 0 Å².